The molecule has 1 aliphatic rings. The Labute approximate surface area is 163 Å². The van der Waals surface area contributed by atoms with Gasteiger partial charge in [0.2, 0.25) is 0 Å². The first-order valence-electron chi connectivity index (χ1n) is 10.2. The predicted molar refractivity (Wildman–Crippen MR) is 106 cm³/mol. The van der Waals surface area contributed by atoms with Gasteiger partial charge in [0, 0.05) is 18.2 Å². The number of hydrogen-bond donors (Lipinski definition) is 0. The fraction of sp³-hybridized carbons (Fsp3) is 0.636. The number of methoxy groups -OCH3 is 1. The summed E-state index contributed by atoms with van der Waals surface area (Å²) in [5.74, 6) is 0.466. The lowest BCUT2D eigenvalue weighted by Gasteiger charge is -2.33. The van der Waals surface area contributed by atoms with Gasteiger partial charge in [0.15, 0.2) is 0 Å². The number of hydrogen-bond acceptors (Lipinski definition) is 4. The molecule has 0 unspecified atom stereocenters. The topological polar surface area (TPSA) is 55.8 Å². The molecule has 5 nitrogen and oxygen atoms in total. The van der Waals surface area contributed by atoms with Crippen LogP contribution in [0.1, 0.15) is 75.6 Å². The Balaban J connectivity index is 2.14. The highest BCUT2D eigenvalue weighted by molar-refractivity contribution is 5.94. The third-order valence-electron chi connectivity index (χ3n) is 5.03. The van der Waals surface area contributed by atoms with Gasteiger partial charge in [-0.3, -0.25) is 9.59 Å². The van der Waals surface area contributed by atoms with E-state index in [9.17, 15) is 9.59 Å². The van der Waals surface area contributed by atoms with Crippen LogP contribution in [-0.4, -0.2) is 42.6 Å². The summed E-state index contributed by atoms with van der Waals surface area (Å²) < 4.78 is 10.4. The van der Waals surface area contributed by atoms with E-state index >= 15 is 0 Å². The average Bonchev–Trinajstić information content (AvgIpc) is 2.62. The van der Waals surface area contributed by atoms with E-state index in [0.29, 0.717) is 12.1 Å². The number of amides is 1. The van der Waals surface area contributed by atoms with Crippen molar-refractivity contribution < 1.29 is 19.1 Å². The Bertz CT molecular complexity index is 589. The summed E-state index contributed by atoms with van der Waals surface area (Å²) in [7, 11) is 1.39. The van der Waals surface area contributed by atoms with Gasteiger partial charge in [-0.2, -0.15) is 0 Å². The van der Waals surface area contributed by atoms with Crippen LogP contribution in [0.15, 0.2) is 24.3 Å². The molecular formula is C22H33NO4. The van der Waals surface area contributed by atoms with Crippen LogP contribution in [0.3, 0.4) is 0 Å². The summed E-state index contributed by atoms with van der Waals surface area (Å²) in [6.07, 6.45) is 8.31. The maximum absolute atomic E-state index is 13.2. The maximum atomic E-state index is 13.2. The van der Waals surface area contributed by atoms with E-state index in [1.54, 1.807) is 0 Å². The molecule has 150 valence electrons. The molecule has 1 aliphatic carbocycles. The number of esters is 1. The Morgan fingerprint density at radius 3 is 2.19 bits per heavy atom. The summed E-state index contributed by atoms with van der Waals surface area (Å²) in [6, 6.07) is 7.49. The second-order valence-electron chi connectivity index (χ2n) is 7.51. The van der Waals surface area contributed by atoms with Crippen molar-refractivity contribution in [3.8, 4) is 5.75 Å². The lowest BCUT2D eigenvalue weighted by atomic mass is 9.95. The van der Waals surface area contributed by atoms with Gasteiger partial charge in [-0.15, -0.1) is 0 Å². The number of carbonyl (C=O) groups is 2. The average molecular weight is 376 g/mol. The molecule has 1 aromatic rings. The van der Waals surface area contributed by atoms with Gasteiger partial charge in [0.1, 0.15) is 5.75 Å². The molecule has 0 N–H and O–H groups in total. The van der Waals surface area contributed by atoms with E-state index in [4.69, 9.17) is 9.47 Å². The molecule has 1 saturated carbocycles. The van der Waals surface area contributed by atoms with Gasteiger partial charge in [-0.05, 0) is 51.0 Å². The highest BCUT2D eigenvalue weighted by Gasteiger charge is 2.26. The van der Waals surface area contributed by atoms with Crippen LogP contribution in [0.4, 0.5) is 0 Å². The molecule has 0 aliphatic heterocycles. The van der Waals surface area contributed by atoms with Crippen molar-refractivity contribution in [3.63, 3.8) is 0 Å². The van der Waals surface area contributed by atoms with Crippen LogP contribution in [0.25, 0.3) is 0 Å². The first kappa shape index (κ1) is 21.3. The van der Waals surface area contributed by atoms with E-state index in [2.05, 4.69) is 0 Å². The van der Waals surface area contributed by atoms with Gasteiger partial charge in [0.25, 0.3) is 5.91 Å². The highest BCUT2D eigenvalue weighted by atomic mass is 16.5. The SMILES string of the molecule is COC(=O)CCN(C(=O)c1ccc(OC(C)C)cc1)C1CCCCCCC1. The zero-order valence-corrected chi connectivity index (χ0v) is 16.9. The van der Waals surface area contributed by atoms with Crippen LogP contribution < -0.4 is 4.74 Å². The molecule has 0 spiro atoms. The fourth-order valence-electron chi connectivity index (χ4n) is 3.62. The normalized spacial score (nSPS) is 15.7. The molecule has 5 heteroatoms. The molecule has 1 aromatic carbocycles. The number of benzene rings is 1. The largest absolute Gasteiger partial charge is 0.491 e. The predicted octanol–water partition coefficient (Wildman–Crippen LogP) is 4.59. The molecule has 0 atom stereocenters. The van der Waals surface area contributed by atoms with Gasteiger partial charge >= 0.3 is 5.97 Å². The smallest absolute Gasteiger partial charge is 0.307 e. The summed E-state index contributed by atoms with van der Waals surface area (Å²) in [6.45, 7) is 4.35. The molecular weight excluding hydrogens is 342 g/mol. The van der Waals surface area contributed by atoms with Crippen molar-refractivity contribution in [3.05, 3.63) is 29.8 Å². The molecule has 0 aromatic heterocycles. The third-order valence-corrected chi connectivity index (χ3v) is 5.03. The van der Waals surface area contributed by atoms with E-state index in [-0.39, 0.29) is 30.4 Å². The van der Waals surface area contributed by atoms with Gasteiger partial charge in [-0.25, -0.2) is 0 Å². The summed E-state index contributed by atoms with van der Waals surface area (Å²) in [5, 5.41) is 0. The van der Waals surface area contributed by atoms with Crippen molar-refractivity contribution in [2.45, 2.75) is 77.4 Å². The number of nitrogens with zero attached hydrogens (tertiary/aromatic N) is 1. The zero-order valence-electron chi connectivity index (χ0n) is 16.9. The van der Waals surface area contributed by atoms with E-state index in [1.807, 2.05) is 43.0 Å². The molecule has 27 heavy (non-hydrogen) atoms. The van der Waals surface area contributed by atoms with E-state index in [1.165, 1.54) is 26.4 Å². The molecule has 0 heterocycles. The van der Waals surface area contributed by atoms with Gasteiger partial charge in [0.05, 0.1) is 19.6 Å². The fourth-order valence-corrected chi connectivity index (χ4v) is 3.62. The standard InChI is InChI=1S/C22H33NO4/c1-17(2)27-20-13-11-18(12-14-20)22(25)23(16-15-21(24)26-3)19-9-7-5-4-6-8-10-19/h11-14,17,19H,4-10,15-16H2,1-3H3. The van der Waals surface area contributed by atoms with Crippen molar-refractivity contribution in [1.82, 2.24) is 4.90 Å². The maximum Gasteiger partial charge on any atom is 0.307 e. The van der Waals surface area contributed by atoms with Crippen molar-refractivity contribution in [2.75, 3.05) is 13.7 Å². The molecule has 0 bridgehead atoms. The minimum absolute atomic E-state index is 0.0134. The first-order chi connectivity index (χ1) is 13.0. The van der Waals surface area contributed by atoms with Crippen molar-refractivity contribution >= 4 is 11.9 Å². The second-order valence-corrected chi connectivity index (χ2v) is 7.51. The van der Waals surface area contributed by atoms with Crippen LogP contribution >= 0.6 is 0 Å². The summed E-state index contributed by atoms with van der Waals surface area (Å²) in [5.41, 5.74) is 0.637. The summed E-state index contributed by atoms with van der Waals surface area (Å²) in [4.78, 5) is 26.8. The molecule has 1 fully saturated rings. The van der Waals surface area contributed by atoms with Crippen LogP contribution in [0.2, 0.25) is 0 Å². The van der Waals surface area contributed by atoms with Crippen molar-refractivity contribution in [1.29, 1.82) is 0 Å². The minimum Gasteiger partial charge on any atom is -0.491 e. The lowest BCUT2D eigenvalue weighted by molar-refractivity contribution is -0.140. The molecule has 0 radical (unpaired) electrons. The number of carbonyl (C=O) groups excluding carboxylic acids is 2. The Morgan fingerprint density at radius 1 is 1.04 bits per heavy atom. The minimum atomic E-state index is -0.278. The van der Waals surface area contributed by atoms with Crippen LogP contribution in [-0.2, 0) is 9.53 Å². The summed E-state index contributed by atoms with van der Waals surface area (Å²) >= 11 is 0. The first-order valence-corrected chi connectivity index (χ1v) is 10.2. The Morgan fingerprint density at radius 2 is 1.63 bits per heavy atom. The van der Waals surface area contributed by atoms with Gasteiger partial charge < -0.3 is 14.4 Å². The molecule has 1 amide bonds. The Kier molecular flexibility index (Phi) is 8.62. The van der Waals surface area contributed by atoms with Crippen molar-refractivity contribution in [2.24, 2.45) is 0 Å². The van der Waals surface area contributed by atoms with Gasteiger partial charge in [-0.1, -0.05) is 32.1 Å². The third kappa shape index (κ3) is 6.89. The monoisotopic (exact) mass is 375 g/mol. The quantitative estimate of drug-likeness (QED) is 0.654. The number of rotatable bonds is 7. The molecule has 2 rings (SSSR count). The number of ether oxygens (including phenoxy) is 2. The second kappa shape index (κ2) is 11.0. The van der Waals surface area contributed by atoms with E-state index in [0.717, 1.165) is 31.4 Å². The lowest BCUT2D eigenvalue weighted by Crippen LogP contribution is -2.42. The van der Waals surface area contributed by atoms with Crippen LogP contribution in [0.5, 0.6) is 5.75 Å². The van der Waals surface area contributed by atoms with E-state index < -0.39 is 0 Å². The Hall–Kier alpha value is -2.04. The highest BCUT2D eigenvalue weighted by Crippen LogP contribution is 2.24. The zero-order chi connectivity index (χ0) is 19.6. The molecule has 0 saturated heterocycles. The van der Waals surface area contributed by atoms with Crippen LogP contribution in [0, 0.1) is 0 Å².